The lowest BCUT2D eigenvalue weighted by molar-refractivity contribution is 0.0602. The number of benzene rings is 1. The molecule has 0 saturated carbocycles. The van der Waals surface area contributed by atoms with Gasteiger partial charge in [0.1, 0.15) is 0 Å². The second-order valence-electron chi connectivity index (χ2n) is 6.68. The maximum absolute atomic E-state index is 12.1. The first-order valence-electron chi connectivity index (χ1n) is 7.62. The fraction of sp³-hybridized carbons (Fsp3) is 0.588. The SMILES string of the molecule is CC(C)(C)N1CCN(CCC(=O)c2ccc(Cl)cc2)CC1. The minimum absolute atomic E-state index is 0.199. The van der Waals surface area contributed by atoms with Gasteiger partial charge in [0, 0.05) is 55.3 Å². The summed E-state index contributed by atoms with van der Waals surface area (Å²) in [5, 5.41) is 0.671. The largest absolute Gasteiger partial charge is 0.300 e. The van der Waals surface area contributed by atoms with Crippen molar-refractivity contribution in [3.05, 3.63) is 34.9 Å². The molecule has 0 spiro atoms. The van der Waals surface area contributed by atoms with E-state index in [-0.39, 0.29) is 11.3 Å². The Balaban J connectivity index is 1.77. The lowest BCUT2D eigenvalue weighted by Crippen LogP contribution is -2.53. The van der Waals surface area contributed by atoms with E-state index in [0.717, 1.165) is 38.3 Å². The summed E-state index contributed by atoms with van der Waals surface area (Å²) in [5.74, 6) is 0.199. The zero-order valence-corrected chi connectivity index (χ0v) is 14.0. The molecule has 0 aliphatic carbocycles. The molecule has 1 aromatic carbocycles. The molecule has 0 radical (unpaired) electrons. The van der Waals surface area contributed by atoms with E-state index in [2.05, 4.69) is 30.6 Å². The van der Waals surface area contributed by atoms with Crippen molar-refractivity contribution >= 4 is 17.4 Å². The maximum Gasteiger partial charge on any atom is 0.164 e. The van der Waals surface area contributed by atoms with Crippen LogP contribution in [0.4, 0.5) is 0 Å². The van der Waals surface area contributed by atoms with Gasteiger partial charge >= 0.3 is 0 Å². The molecule has 1 aliphatic rings. The van der Waals surface area contributed by atoms with Gasteiger partial charge in [0.15, 0.2) is 5.78 Å². The van der Waals surface area contributed by atoms with E-state index in [0.29, 0.717) is 11.4 Å². The van der Waals surface area contributed by atoms with Crippen LogP contribution in [0, 0.1) is 0 Å². The predicted molar refractivity (Wildman–Crippen MR) is 88.2 cm³/mol. The molecule has 0 unspecified atom stereocenters. The number of carbonyl (C=O) groups is 1. The van der Waals surface area contributed by atoms with Crippen molar-refractivity contribution in [3.8, 4) is 0 Å². The monoisotopic (exact) mass is 308 g/mol. The molecule has 0 aromatic heterocycles. The molecule has 116 valence electrons. The Morgan fingerprint density at radius 2 is 1.67 bits per heavy atom. The van der Waals surface area contributed by atoms with E-state index < -0.39 is 0 Å². The number of hydrogen-bond acceptors (Lipinski definition) is 3. The van der Waals surface area contributed by atoms with Crippen molar-refractivity contribution in [1.29, 1.82) is 0 Å². The zero-order chi connectivity index (χ0) is 15.5. The van der Waals surface area contributed by atoms with Crippen LogP contribution in [-0.4, -0.2) is 53.8 Å². The summed E-state index contributed by atoms with van der Waals surface area (Å²) in [6.07, 6.45) is 0.581. The molecule has 1 fully saturated rings. The van der Waals surface area contributed by atoms with Crippen molar-refractivity contribution in [3.63, 3.8) is 0 Å². The van der Waals surface area contributed by atoms with Crippen LogP contribution in [0.15, 0.2) is 24.3 Å². The summed E-state index contributed by atoms with van der Waals surface area (Å²) in [4.78, 5) is 17.0. The number of nitrogens with zero attached hydrogens (tertiary/aromatic N) is 2. The van der Waals surface area contributed by atoms with Gasteiger partial charge in [-0.2, -0.15) is 0 Å². The number of ketones is 1. The number of hydrogen-bond donors (Lipinski definition) is 0. The zero-order valence-electron chi connectivity index (χ0n) is 13.2. The summed E-state index contributed by atoms with van der Waals surface area (Å²) in [7, 11) is 0. The number of carbonyl (C=O) groups excluding carboxylic acids is 1. The van der Waals surface area contributed by atoms with Crippen LogP contribution in [0.5, 0.6) is 0 Å². The summed E-state index contributed by atoms with van der Waals surface area (Å²) in [6.45, 7) is 11.9. The Kier molecular flexibility index (Phi) is 5.42. The third-order valence-corrected chi connectivity index (χ3v) is 4.39. The van der Waals surface area contributed by atoms with Gasteiger partial charge in [-0.3, -0.25) is 9.69 Å². The molecule has 1 saturated heterocycles. The standard InChI is InChI=1S/C17H25ClN2O/c1-17(2,3)20-12-10-19(11-13-20)9-8-16(21)14-4-6-15(18)7-5-14/h4-7H,8-13H2,1-3H3. The van der Waals surface area contributed by atoms with Crippen LogP contribution in [0.25, 0.3) is 0 Å². The minimum Gasteiger partial charge on any atom is -0.300 e. The molecule has 1 aromatic rings. The van der Waals surface area contributed by atoms with Gasteiger partial charge in [-0.1, -0.05) is 11.6 Å². The van der Waals surface area contributed by atoms with Crippen molar-refractivity contribution in [1.82, 2.24) is 9.80 Å². The van der Waals surface area contributed by atoms with Crippen LogP contribution in [0.1, 0.15) is 37.6 Å². The Hall–Kier alpha value is -0.900. The number of Topliss-reactive ketones (excluding diaryl/α,β-unsaturated/α-hetero) is 1. The molecule has 0 amide bonds. The van der Waals surface area contributed by atoms with Crippen LogP contribution >= 0.6 is 11.6 Å². The highest BCUT2D eigenvalue weighted by molar-refractivity contribution is 6.30. The third-order valence-electron chi connectivity index (χ3n) is 4.14. The molecule has 3 nitrogen and oxygen atoms in total. The molecule has 0 bridgehead atoms. The van der Waals surface area contributed by atoms with Crippen LogP contribution < -0.4 is 0 Å². The summed E-state index contributed by atoms with van der Waals surface area (Å²) >= 11 is 5.84. The Morgan fingerprint density at radius 1 is 1.10 bits per heavy atom. The molecule has 0 N–H and O–H groups in total. The Labute approximate surface area is 132 Å². The second kappa shape index (κ2) is 6.91. The van der Waals surface area contributed by atoms with E-state index in [1.807, 2.05) is 12.1 Å². The lowest BCUT2D eigenvalue weighted by atomic mass is 10.0. The van der Waals surface area contributed by atoms with E-state index in [4.69, 9.17) is 11.6 Å². The van der Waals surface area contributed by atoms with Gasteiger partial charge < -0.3 is 4.90 Å². The molecule has 2 rings (SSSR count). The fourth-order valence-electron chi connectivity index (χ4n) is 2.68. The summed E-state index contributed by atoms with van der Waals surface area (Å²) < 4.78 is 0. The molecule has 0 atom stereocenters. The molecule has 1 heterocycles. The lowest BCUT2D eigenvalue weighted by Gasteiger charge is -2.42. The Bertz CT molecular complexity index is 471. The average Bonchev–Trinajstić information content (AvgIpc) is 2.45. The van der Waals surface area contributed by atoms with E-state index in [1.54, 1.807) is 12.1 Å². The Morgan fingerprint density at radius 3 is 2.19 bits per heavy atom. The fourth-order valence-corrected chi connectivity index (χ4v) is 2.81. The average molecular weight is 309 g/mol. The van der Waals surface area contributed by atoms with Gasteiger partial charge in [-0.15, -0.1) is 0 Å². The normalized spacial score (nSPS) is 17.9. The minimum atomic E-state index is 0.199. The molecule has 4 heteroatoms. The molecular weight excluding hydrogens is 284 g/mol. The van der Waals surface area contributed by atoms with E-state index in [1.165, 1.54) is 0 Å². The maximum atomic E-state index is 12.1. The van der Waals surface area contributed by atoms with Crippen LogP contribution in [0.3, 0.4) is 0 Å². The number of piperazine rings is 1. The topological polar surface area (TPSA) is 23.6 Å². The molecule has 21 heavy (non-hydrogen) atoms. The first-order valence-corrected chi connectivity index (χ1v) is 8.00. The van der Waals surface area contributed by atoms with Crippen molar-refractivity contribution < 1.29 is 4.79 Å². The summed E-state index contributed by atoms with van der Waals surface area (Å²) in [5.41, 5.74) is 0.998. The molecule has 1 aliphatic heterocycles. The van der Waals surface area contributed by atoms with Crippen molar-refractivity contribution in [2.75, 3.05) is 32.7 Å². The number of halogens is 1. The molecular formula is C17H25ClN2O. The van der Waals surface area contributed by atoms with E-state index in [9.17, 15) is 4.79 Å². The highest BCUT2D eigenvalue weighted by Crippen LogP contribution is 2.16. The van der Waals surface area contributed by atoms with E-state index >= 15 is 0 Å². The van der Waals surface area contributed by atoms with Gasteiger partial charge in [0.2, 0.25) is 0 Å². The van der Waals surface area contributed by atoms with Gasteiger partial charge in [0.25, 0.3) is 0 Å². The second-order valence-corrected chi connectivity index (χ2v) is 7.12. The highest BCUT2D eigenvalue weighted by atomic mass is 35.5. The van der Waals surface area contributed by atoms with Crippen molar-refractivity contribution in [2.45, 2.75) is 32.7 Å². The third kappa shape index (κ3) is 4.80. The van der Waals surface area contributed by atoms with Gasteiger partial charge in [-0.25, -0.2) is 0 Å². The number of rotatable bonds is 4. The van der Waals surface area contributed by atoms with Gasteiger partial charge in [0.05, 0.1) is 0 Å². The first-order chi connectivity index (χ1) is 9.86. The van der Waals surface area contributed by atoms with Crippen molar-refractivity contribution in [2.24, 2.45) is 0 Å². The predicted octanol–water partition coefficient (Wildman–Crippen LogP) is 3.33. The van der Waals surface area contributed by atoms with Crippen LogP contribution in [0.2, 0.25) is 5.02 Å². The quantitative estimate of drug-likeness (QED) is 0.797. The first kappa shape index (κ1) is 16.5. The summed E-state index contributed by atoms with van der Waals surface area (Å²) in [6, 6.07) is 7.16. The van der Waals surface area contributed by atoms with Gasteiger partial charge in [-0.05, 0) is 45.0 Å². The smallest absolute Gasteiger partial charge is 0.164 e. The highest BCUT2D eigenvalue weighted by Gasteiger charge is 2.25. The van der Waals surface area contributed by atoms with Crippen LogP contribution in [-0.2, 0) is 0 Å².